The van der Waals surface area contributed by atoms with Crippen LogP contribution in [-0.4, -0.2) is 53.2 Å². The highest BCUT2D eigenvalue weighted by atomic mass is 16.5. The van der Waals surface area contributed by atoms with Gasteiger partial charge < -0.3 is 14.6 Å². The van der Waals surface area contributed by atoms with E-state index in [4.69, 9.17) is 9.72 Å². The summed E-state index contributed by atoms with van der Waals surface area (Å²) in [6, 6.07) is 0.276. The molecule has 0 spiro atoms. The average molecular weight is 334 g/mol. The minimum absolute atomic E-state index is 0.0839. The molecule has 1 saturated heterocycles. The third-order valence-electron chi connectivity index (χ3n) is 5.19. The number of nitrogens with one attached hydrogen (secondary N) is 1. The highest BCUT2D eigenvalue weighted by molar-refractivity contribution is 5.78. The van der Waals surface area contributed by atoms with Crippen LogP contribution in [0.4, 0.5) is 0 Å². The minimum Gasteiger partial charge on any atom is -0.380 e. The second kappa shape index (κ2) is 8.12. The predicted molar refractivity (Wildman–Crippen MR) is 92.9 cm³/mol. The smallest absolute Gasteiger partial charge is 0.234 e. The van der Waals surface area contributed by atoms with Crippen molar-refractivity contribution in [3.05, 3.63) is 17.2 Å². The first-order chi connectivity index (χ1) is 11.7. The maximum Gasteiger partial charge on any atom is 0.234 e. The van der Waals surface area contributed by atoms with Crippen molar-refractivity contribution in [1.29, 1.82) is 0 Å². The number of ether oxygens (including phenoxy) is 1. The summed E-state index contributed by atoms with van der Waals surface area (Å²) in [5.74, 6) is 1.24. The molecule has 1 aliphatic heterocycles. The zero-order valence-corrected chi connectivity index (χ0v) is 15.0. The molecular formula is C18H30N4O2. The highest BCUT2D eigenvalue weighted by Gasteiger charge is 2.32. The lowest BCUT2D eigenvalue weighted by Crippen LogP contribution is -2.38. The molecule has 1 fully saturated rings. The molecule has 0 saturated carbocycles. The number of fused-ring (bicyclic) bond motifs is 1. The number of carbonyl (C=O) groups excluding carboxylic acids is 1. The second-order valence-electron chi connectivity index (χ2n) is 6.80. The van der Waals surface area contributed by atoms with E-state index in [2.05, 4.69) is 21.8 Å². The largest absolute Gasteiger partial charge is 0.380 e. The highest BCUT2D eigenvalue weighted by Crippen LogP contribution is 2.33. The first-order valence-corrected chi connectivity index (χ1v) is 9.33. The van der Waals surface area contributed by atoms with E-state index in [1.54, 1.807) is 0 Å². The standard InChI is InChI=1S/C18H30N4O2/c1-3-24-12-10-19-17(23)13-22-11-6-9-16(22)18-20-14-7-4-5-8-15(14)21(18)2/h16H,3-13H2,1-2H3,(H,19,23)/t16-/m0/s1. The molecule has 3 rings (SSSR count). The van der Waals surface area contributed by atoms with Crippen molar-refractivity contribution in [3.8, 4) is 0 Å². The number of imidazole rings is 1. The van der Waals surface area contributed by atoms with Gasteiger partial charge in [-0.3, -0.25) is 9.69 Å². The average Bonchev–Trinajstić information content (AvgIpc) is 3.16. The summed E-state index contributed by atoms with van der Waals surface area (Å²) in [5, 5.41) is 2.95. The number of hydrogen-bond acceptors (Lipinski definition) is 4. The lowest BCUT2D eigenvalue weighted by molar-refractivity contribution is -0.122. The van der Waals surface area contributed by atoms with Gasteiger partial charge in [0.1, 0.15) is 5.82 Å². The number of rotatable bonds is 7. The quantitative estimate of drug-likeness (QED) is 0.769. The Morgan fingerprint density at radius 3 is 2.96 bits per heavy atom. The van der Waals surface area contributed by atoms with Gasteiger partial charge in [-0.2, -0.15) is 0 Å². The zero-order valence-electron chi connectivity index (χ0n) is 15.0. The number of carbonyl (C=O) groups is 1. The van der Waals surface area contributed by atoms with Gasteiger partial charge in [0.15, 0.2) is 0 Å². The van der Waals surface area contributed by atoms with Crippen LogP contribution in [0, 0.1) is 0 Å². The predicted octanol–water partition coefficient (Wildman–Crippen LogP) is 1.59. The fourth-order valence-electron chi connectivity index (χ4n) is 3.96. The van der Waals surface area contributed by atoms with E-state index in [9.17, 15) is 4.79 Å². The van der Waals surface area contributed by atoms with Crippen molar-refractivity contribution in [2.24, 2.45) is 7.05 Å². The second-order valence-corrected chi connectivity index (χ2v) is 6.80. The van der Waals surface area contributed by atoms with Crippen molar-refractivity contribution >= 4 is 5.91 Å². The maximum absolute atomic E-state index is 12.2. The summed E-state index contributed by atoms with van der Waals surface area (Å²) in [6.45, 7) is 5.24. The molecule has 6 nitrogen and oxygen atoms in total. The number of aryl methyl sites for hydroxylation is 1. The topological polar surface area (TPSA) is 59.4 Å². The monoisotopic (exact) mass is 334 g/mol. The Labute approximate surface area is 144 Å². The summed E-state index contributed by atoms with van der Waals surface area (Å²) >= 11 is 0. The van der Waals surface area contributed by atoms with Crippen molar-refractivity contribution in [2.45, 2.75) is 51.5 Å². The van der Waals surface area contributed by atoms with E-state index in [-0.39, 0.29) is 11.9 Å². The Morgan fingerprint density at radius 2 is 2.17 bits per heavy atom. The summed E-state index contributed by atoms with van der Waals surface area (Å²) in [7, 11) is 2.14. The molecule has 1 aromatic rings. The fourth-order valence-corrected chi connectivity index (χ4v) is 3.96. The van der Waals surface area contributed by atoms with Gasteiger partial charge in [0.25, 0.3) is 0 Å². The van der Waals surface area contributed by atoms with Gasteiger partial charge in [-0.1, -0.05) is 0 Å². The van der Waals surface area contributed by atoms with Gasteiger partial charge >= 0.3 is 0 Å². The third-order valence-corrected chi connectivity index (χ3v) is 5.19. The third kappa shape index (κ3) is 3.81. The summed E-state index contributed by atoms with van der Waals surface area (Å²) < 4.78 is 7.56. The first-order valence-electron chi connectivity index (χ1n) is 9.33. The molecule has 0 radical (unpaired) electrons. The van der Waals surface area contributed by atoms with Gasteiger partial charge in [0.2, 0.25) is 5.91 Å². The number of nitrogens with zero attached hydrogens (tertiary/aromatic N) is 3. The van der Waals surface area contributed by atoms with Crippen molar-refractivity contribution in [1.82, 2.24) is 19.8 Å². The molecule has 1 amide bonds. The van der Waals surface area contributed by atoms with Crippen LogP contribution < -0.4 is 5.32 Å². The molecule has 0 aromatic carbocycles. The van der Waals surface area contributed by atoms with E-state index in [0.29, 0.717) is 26.3 Å². The van der Waals surface area contributed by atoms with Crippen LogP contribution in [0.3, 0.4) is 0 Å². The fraction of sp³-hybridized carbons (Fsp3) is 0.778. The van der Waals surface area contributed by atoms with Crippen LogP contribution in [-0.2, 0) is 29.4 Å². The summed E-state index contributed by atoms with van der Waals surface area (Å²) in [4.78, 5) is 19.4. The Hall–Kier alpha value is -1.40. The van der Waals surface area contributed by atoms with Crippen LogP contribution in [0.15, 0.2) is 0 Å². The van der Waals surface area contributed by atoms with Crippen LogP contribution >= 0.6 is 0 Å². The lowest BCUT2D eigenvalue weighted by Gasteiger charge is -2.23. The normalized spacial score (nSPS) is 21.0. The molecule has 1 aliphatic carbocycles. The Kier molecular flexibility index (Phi) is 5.89. The SMILES string of the molecule is CCOCCNC(=O)CN1CCC[C@H]1c1nc2c(n1C)CCCC2. The van der Waals surface area contributed by atoms with Gasteiger partial charge in [-0.25, -0.2) is 4.98 Å². The molecule has 6 heteroatoms. The van der Waals surface area contributed by atoms with E-state index in [0.717, 1.165) is 38.1 Å². The molecule has 2 heterocycles. The van der Waals surface area contributed by atoms with Crippen LogP contribution in [0.1, 0.15) is 55.9 Å². The molecule has 1 aromatic heterocycles. The number of amides is 1. The van der Waals surface area contributed by atoms with Crippen LogP contribution in [0.25, 0.3) is 0 Å². The van der Waals surface area contributed by atoms with E-state index in [1.165, 1.54) is 24.2 Å². The Bertz CT molecular complexity index is 570. The molecule has 2 aliphatic rings. The molecule has 134 valence electrons. The van der Waals surface area contributed by atoms with Crippen molar-refractivity contribution < 1.29 is 9.53 Å². The Morgan fingerprint density at radius 1 is 1.33 bits per heavy atom. The number of likely N-dealkylation sites (tertiary alicyclic amines) is 1. The maximum atomic E-state index is 12.2. The van der Waals surface area contributed by atoms with Crippen molar-refractivity contribution in [2.75, 3.05) is 32.8 Å². The van der Waals surface area contributed by atoms with E-state index in [1.807, 2.05) is 6.92 Å². The summed E-state index contributed by atoms with van der Waals surface area (Å²) in [5.41, 5.74) is 2.69. The molecule has 1 atom stereocenters. The van der Waals surface area contributed by atoms with E-state index >= 15 is 0 Å². The molecular weight excluding hydrogens is 304 g/mol. The number of hydrogen-bond donors (Lipinski definition) is 1. The van der Waals surface area contributed by atoms with Crippen LogP contribution in [0.5, 0.6) is 0 Å². The summed E-state index contributed by atoms with van der Waals surface area (Å²) in [6.07, 6.45) is 6.99. The molecule has 24 heavy (non-hydrogen) atoms. The lowest BCUT2D eigenvalue weighted by atomic mass is 10.0. The van der Waals surface area contributed by atoms with Gasteiger partial charge in [0.05, 0.1) is 24.9 Å². The van der Waals surface area contributed by atoms with E-state index < -0.39 is 0 Å². The van der Waals surface area contributed by atoms with Gasteiger partial charge in [0, 0.05) is 25.9 Å². The minimum atomic E-state index is 0.0839. The van der Waals surface area contributed by atoms with Gasteiger partial charge in [-0.05, 0) is 52.0 Å². The molecule has 0 unspecified atom stereocenters. The Balaban J connectivity index is 1.61. The zero-order chi connectivity index (χ0) is 16.9. The van der Waals surface area contributed by atoms with Crippen LogP contribution in [0.2, 0.25) is 0 Å². The number of aromatic nitrogens is 2. The molecule has 0 bridgehead atoms. The van der Waals surface area contributed by atoms with Gasteiger partial charge in [-0.15, -0.1) is 0 Å². The first kappa shape index (κ1) is 17.4. The molecule has 1 N–H and O–H groups in total. The van der Waals surface area contributed by atoms with Crippen molar-refractivity contribution in [3.63, 3.8) is 0 Å².